The average Bonchev–Trinajstić information content (AvgIpc) is 2.84. The molecule has 0 saturated heterocycles. The molecular weight excluding hydrogens is 358 g/mol. The van der Waals surface area contributed by atoms with Gasteiger partial charge in [-0.1, -0.05) is 23.7 Å². The molecule has 1 heterocycles. The number of nitrogens with one attached hydrogen (secondary N) is 1. The highest BCUT2D eigenvalue weighted by atomic mass is 35.5. The van der Waals surface area contributed by atoms with Crippen LogP contribution in [0.2, 0.25) is 5.02 Å². The number of fused-ring (bicyclic) bond motifs is 1. The minimum Gasteiger partial charge on any atom is -0.490 e. The van der Waals surface area contributed by atoms with E-state index < -0.39 is 0 Å². The van der Waals surface area contributed by atoms with Crippen LogP contribution in [0.25, 0.3) is 0 Å². The van der Waals surface area contributed by atoms with Crippen molar-refractivity contribution >= 4 is 29.3 Å². The molecule has 0 spiro atoms. The summed E-state index contributed by atoms with van der Waals surface area (Å²) >= 11 is 7.47. The Hall–Kier alpha value is -1.85. The number of hydrogen-bond acceptors (Lipinski definition) is 4. The molecule has 25 heavy (non-hydrogen) atoms. The van der Waals surface area contributed by atoms with Crippen LogP contribution in [-0.2, 0) is 4.79 Å². The molecule has 2 aromatic carbocycles. The van der Waals surface area contributed by atoms with Crippen LogP contribution in [0, 0.1) is 0 Å². The second-order valence-electron chi connectivity index (χ2n) is 5.79. The van der Waals surface area contributed by atoms with Crippen molar-refractivity contribution in [2.45, 2.75) is 24.3 Å². The van der Waals surface area contributed by atoms with Crippen LogP contribution in [0.3, 0.4) is 0 Å². The molecule has 132 valence electrons. The number of carbonyl (C=O) groups is 1. The number of carbonyl (C=O) groups excluding carboxylic acids is 1. The van der Waals surface area contributed by atoms with E-state index in [1.165, 1.54) is 11.8 Å². The van der Waals surface area contributed by atoms with Crippen LogP contribution >= 0.6 is 23.4 Å². The third kappa shape index (κ3) is 5.06. The van der Waals surface area contributed by atoms with Gasteiger partial charge in [-0.15, -0.1) is 11.8 Å². The first-order chi connectivity index (χ1) is 12.1. The fourth-order valence-corrected chi connectivity index (χ4v) is 3.46. The first kappa shape index (κ1) is 18.0. The smallest absolute Gasteiger partial charge is 0.230 e. The Morgan fingerprint density at radius 3 is 2.80 bits per heavy atom. The summed E-state index contributed by atoms with van der Waals surface area (Å²) in [5.41, 5.74) is 0.987. The second-order valence-corrected chi connectivity index (χ2v) is 7.28. The van der Waals surface area contributed by atoms with Crippen molar-refractivity contribution < 1.29 is 14.3 Å². The summed E-state index contributed by atoms with van der Waals surface area (Å²) in [6.45, 7) is 3.27. The Labute approximate surface area is 156 Å². The predicted octanol–water partition coefficient (Wildman–Crippen LogP) is 4.47. The van der Waals surface area contributed by atoms with Crippen molar-refractivity contribution in [3.63, 3.8) is 0 Å². The molecule has 0 aromatic heterocycles. The molecule has 1 amide bonds. The third-order valence-electron chi connectivity index (χ3n) is 3.82. The molecule has 0 fully saturated rings. The maximum absolute atomic E-state index is 12.2. The van der Waals surface area contributed by atoms with Gasteiger partial charge in [0.15, 0.2) is 11.5 Å². The van der Waals surface area contributed by atoms with E-state index in [9.17, 15) is 4.79 Å². The van der Waals surface area contributed by atoms with E-state index in [4.69, 9.17) is 21.1 Å². The van der Waals surface area contributed by atoms with Gasteiger partial charge < -0.3 is 14.8 Å². The number of rotatable bonds is 5. The summed E-state index contributed by atoms with van der Waals surface area (Å²) < 4.78 is 11.3. The lowest BCUT2D eigenvalue weighted by Crippen LogP contribution is -2.28. The van der Waals surface area contributed by atoms with E-state index in [0.717, 1.165) is 28.4 Å². The van der Waals surface area contributed by atoms with Gasteiger partial charge >= 0.3 is 0 Å². The summed E-state index contributed by atoms with van der Waals surface area (Å²) in [4.78, 5) is 13.2. The van der Waals surface area contributed by atoms with E-state index in [2.05, 4.69) is 5.32 Å². The summed E-state index contributed by atoms with van der Waals surface area (Å²) in [6.07, 6.45) is 0.876. The Bertz CT molecular complexity index is 753. The zero-order chi connectivity index (χ0) is 17.6. The van der Waals surface area contributed by atoms with Crippen LogP contribution in [0.1, 0.15) is 24.9 Å². The van der Waals surface area contributed by atoms with E-state index in [1.54, 1.807) is 0 Å². The lowest BCUT2D eigenvalue weighted by Gasteiger charge is -2.15. The Morgan fingerprint density at radius 1 is 1.20 bits per heavy atom. The normalized spacial score (nSPS) is 14.5. The molecule has 0 radical (unpaired) electrons. The predicted molar refractivity (Wildman–Crippen MR) is 101 cm³/mol. The highest BCUT2D eigenvalue weighted by Crippen LogP contribution is 2.33. The van der Waals surface area contributed by atoms with Crippen LogP contribution in [0.4, 0.5) is 0 Å². The van der Waals surface area contributed by atoms with Gasteiger partial charge in [-0.25, -0.2) is 0 Å². The monoisotopic (exact) mass is 377 g/mol. The molecular formula is C19H20ClNO3S. The highest BCUT2D eigenvalue weighted by molar-refractivity contribution is 8.00. The van der Waals surface area contributed by atoms with Crippen LogP contribution in [0.15, 0.2) is 47.4 Å². The van der Waals surface area contributed by atoms with E-state index in [-0.39, 0.29) is 11.9 Å². The third-order valence-corrected chi connectivity index (χ3v) is 5.04. The molecule has 1 aliphatic rings. The molecule has 3 rings (SSSR count). The number of ether oxygens (including phenoxy) is 2. The highest BCUT2D eigenvalue weighted by Gasteiger charge is 2.13. The molecule has 2 aromatic rings. The van der Waals surface area contributed by atoms with Gasteiger partial charge in [0.25, 0.3) is 0 Å². The lowest BCUT2D eigenvalue weighted by atomic mass is 10.1. The molecule has 0 saturated carbocycles. The van der Waals surface area contributed by atoms with Crippen molar-refractivity contribution in [2.24, 2.45) is 0 Å². The van der Waals surface area contributed by atoms with Gasteiger partial charge in [-0.3, -0.25) is 4.79 Å². The van der Waals surface area contributed by atoms with Crippen LogP contribution < -0.4 is 14.8 Å². The standard InChI is InChI=1S/C19H20ClNO3S/c1-13(14-4-2-5-15(20)10-14)21-19(22)12-25-16-6-7-17-18(11-16)24-9-3-8-23-17/h2,4-7,10-11,13H,3,8-9,12H2,1H3,(H,21,22). The quantitative estimate of drug-likeness (QED) is 0.781. The summed E-state index contributed by atoms with van der Waals surface area (Å²) in [7, 11) is 0. The van der Waals surface area contributed by atoms with Gasteiger partial charge in [-0.05, 0) is 42.8 Å². The maximum atomic E-state index is 12.2. The van der Waals surface area contributed by atoms with Gasteiger partial charge in [0.2, 0.25) is 5.91 Å². The van der Waals surface area contributed by atoms with Crippen LogP contribution in [0.5, 0.6) is 11.5 Å². The number of hydrogen-bond donors (Lipinski definition) is 1. The van der Waals surface area contributed by atoms with Gasteiger partial charge in [-0.2, -0.15) is 0 Å². The number of benzene rings is 2. The van der Waals surface area contributed by atoms with E-state index in [1.807, 2.05) is 49.4 Å². The Kier molecular flexibility index (Phi) is 6.10. The maximum Gasteiger partial charge on any atom is 0.230 e. The van der Waals surface area contributed by atoms with Gasteiger partial charge in [0, 0.05) is 16.3 Å². The molecule has 1 N–H and O–H groups in total. The summed E-state index contributed by atoms with van der Waals surface area (Å²) in [5.74, 6) is 1.82. The zero-order valence-corrected chi connectivity index (χ0v) is 15.5. The van der Waals surface area contributed by atoms with Crippen LogP contribution in [-0.4, -0.2) is 24.9 Å². The minimum absolute atomic E-state index is 0.0235. The fraction of sp³-hybridized carbons (Fsp3) is 0.316. The fourth-order valence-electron chi connectivity index (χ4n) is 2.52. The number of amides is 1. The number of thioether (sulfide) groups is 1. The molecule has 0 bridgehead atoms. The van der Waals surface area contributed by atoms with Gasteiger partial charge in [0.05, 0.1) is 25.0 Å². The minimum atomic E-state index is -0.0874. The molecule has 4 nitrogen and oxygen atoms in total. The van der Waals surface area contributed by atoms with E-state index in [0.29, 0.717) is 24.0 Å². The topological polar surface area (TPSA) is 47.6 Å². The van der Waals surface area contributed by atoms with Crippen molar-refractivity contribution in [2.75, 3.05) is 19.0 Å². The Morgan fingerprint density at radius 2 is 2.00 bits per heavy atom. The first-order valence-corrected chi connectivity index (χ1v) is 9.55. The van der Waals surface area contributed by atoms with Crippen molar-refractivity contribution in [1.82, 2.24) is 5.32 Å². The first-order valence-electron chi connectivity index (χ1n) is 8.19. The molecule has 1 aliphatic heterocycles. The van der Waals surface area contributed by atoms with Gasteiger partial charge in [0.1, 0.15) is 0 Å². The molecule has 1 atom stereocenters. The largest absolute Gasteiger partial charge is 0.490 e. The zero-order valence-electron chi connectivity index (χ0n) is 14.0. The summed E-state index contributed by atoms with van der Waals surface area (Å²) in [5, 5.41) is 3.66. The van der Waals surface area contributed by atoms with E-state index >= 15 is 0 Å². The average molecular weight is 378 g/mol. The SMILES string of the molecule is CC(NC(=O)CSc1ccc2c(c1)OCCCO2)c1cccc(Cl)c1. The Balaban J connectivity index is 1.54. The molecule has 0 aliphatic carbocycles. The molecule has 1 unspecified atom stereocenters. The van der Waals surface area contributed by atoms with Crippen molar-refractivity contribution in [3.8, 4) is 11.5 Å². The van der Waals surface area contributed by atoms with Crippen molar-refractivity contribution in [3.05, 3.63) is 53.1 Å². The second kappa shape index (κ2) is 8.50. The number of halogens is 1. The molecule has 6 heteroatoms. The summed E-state index contributed by atoms with van der Waals surface area (Å²) in [6, 6.07) is 13.2. The lowest BCUT2D eigenvalue weighted by molar-refractivity contribution is -0.119. The van der Waals surface area contributed by atoms with Crippen molar-refractivity contribution in [1.29, 1.82) is 0 Å².